The molecule has 35 heavy (non-hydrogen) atoms. The van der Waals surface area contributed by atoms with E-state index in [1.54, 1.807) is 7.11 Å². The van der Waals surface area contributed by atoms with Crippen LogP contribution < -0.4 is 14.2 Å². The highest BCUT2D eigenvalue weighted by Crippen LogP contribution is 2.51. The molecule has 0 radical (unpaired) electrons. The lowest BCUT2D eigenvalue weighted by Gasteiger charge is -2.38. The summed E-state index contributed by atoms with van der Waals surface area (Å²) in [6.45, 7) is 2.86. The Labute approximate surface area is 223 Å². The number of hydrogen-bond donors (Lipinski definition) is 0. The Bertz CT molecular complexity index is 1230. The van der Waals surface area contributed by atoms with Crippen LogP contribution in [0.1, 0.15) is 61.6 Å². The maximum Gasteiger partial charge on any atom is 0.214 e. The Hall–Kier alpha value is -2.51. The van der Waals surface area contributed by atoms with Crippen LogP contribution in [0.4, 0.5) is 0 Å². The highest BCUT2D eigenvalue weighted by Gasteiger charge is 2.42. The van der Waals surface area contributed by atoms with Crippen LogP contribution in [0.3, 0.4) is 0 Å². The van der Waals surface area contributed by atoms with Crippen LogP contribution in [0.5, 0.6) is 17.2 Å². The molecule has 2 heterocycles. The van der Waals surface area contributed by atoms with Crippen molar-refractivity contribution in [2.75, 3.05) is 13.7 Å². The third-order valence-corrected chi connectivity index (χ3v) is 7.44. The van der Waals surface area contributed by atoms with Gasteiger partial charge in [0.2, 0.25) is 6.23 Å². The molecule has 0 N–H and O–H groups in total. The number of hydrazone groups is 1. The molecule has 0 spiro atoms. The molecule has 2 unspecified atom stereocenters. The molecule has 0 fully saturated rings. The van der Waals surface area contributed by atoms with Gasteiger partial charge < -0.3 is 14.2 Å². The first-order chi connectivity index (χ1) is 17.1. The van der Waals surface area contributed by atoms with Gasteiger partial charge in [0.1, 0.15) is 5.75 Å². The van der Waals surface area contributed by atoms with Gasteiger partial charge in [-0.2, -0.15) is 5.10 Å². The quantitative estimate of drug-likeness (QED) is 0.246. The summed E-state index contributed by atoms with van der Waals surface area (Å²) in [7, 11) is 1.67. The summed E-state index contributed by atoms with van der Waals surface area (Å²) >= 11 is 7.36. The Balaban J connectivity index is 1.52. The molecule has 3 aromatic carbocycles. The number of nitrogens with zero attached hydrogens (tertiary/aromatic N) is 2. The standard InChI is InChI=1S/C28H28Br2N2O3/c1-3-4-8-13-34-25-12-11-19(14-26(25)33-2)28-32-24(17-23(31-32)18-9-6-5-7-10-18)21-15-20(29)16-22(30)27(21)35-28/h5-7,9-12,14-16,24,28H,3-4,8,13,17H2,1-2H3. The van der Waals surface area contributed by atoms with E-state index >= 15 is 0 Å². The predicted octanol–water partition coefficient (Wildman–Crippen LogP) is 8.03. The number of fused-ring (bicyclic) bond motifs is 3. The number of benzene rings is 3. The van der Waals surface area contributed by atoms with Crippen molar-refractivity contribution in [3.63, 3.8) is 0 Å². The fourth-order valence-corrected chi connectivity index (χ4v) is 5.98. The van der Waals surface area contributed by atoms with Crippen molar-refractivity contribution < 1.29 is 14.2 Å². The number of methoxy groups -OCH3 is 1. The zero-order chi connectivity index (χ0) is 24.4. The van der Waals surface area contributed by atoms with Crippen LogP contribution in [0.25, 0.3) is 0 Å². The van der Waals surface area contributed by atoms with Gasteiger partial charge in [0.05, 0.1) is 29.9 Å². The molecule has 2 aliphatic heterocycles. The molecule has 5 nitrogen and oxygen atoms in total. The van der Waals surface area contributed by atoms with Crippen LogP contribution in [0.15, 0.2) is 74.7 Å². The van der Waals surface area contributed by atoms with Gasteiger partial charge in [0.25, 0.3) is 0 Å². The van der Waals surface area contributed by atoms with Gasteiger partial charge in [-0.25, -0.2) is 5.01 Å². The van der Waals surface area contributed by atoms with Gasteiger partial charge in [-0.15, -0.1) is 0 Å². The summed E-state index contributed by atoms with van der Waals surface area (Å²) in [5.41, 5.74) is 4.26. The third-order valence-electron chi connectivity index (χ3n) is 6.39. The maximum atomic E-state index is 6.61. The smallest absolute Gasteiger partial charge is 0.214 e. The van der Waals surface area contributed by atoms with Crippen LogP contribution in [0, 0.1) is 0 Å². The molecule has 0 amide bonds. The molecule has 0 saturated heterocycles. The molecular weight excluding hydrogens is 572 g/mol. The van der Waals surface area contributed by atoms with Crippen LogP contribution in [0.2, 0.25) is 0 Å². The zero-order valence-corrected chi connectivity index (χ0v) is 23.0. The lowest BCUT2D eigenvalue weighted by Crippen LogP contribution is -2.34. The van der Waals surface area contributed by atoms with E-state index in [2.05, 4.69) is 62.0 Å². The second-order valence-electron chi connectivity index (χ2n) is 8.75. The molecule has 2 aliphatic rings. The molecule has 0 bridgehead atoms. The highest BCUT2D eigenvalue weighted by molar-refractivity contribution is 9.11. The largest absolute Gasteiger partial charge is 0.493 e. The highest BCUT2D eigenvalue weighted by atomic mass is 79.9. The lowest BCUT2D eigenvalue weighted by atomic mass is 9.96. The average Bonchev–Trinajstić information content (AvgIpc) is 3.33. The second kappa shape index (κ2) is 10.6. The Kier molecular flexibility index (Phi) is 7.35. The van der Waals surface area contributed by atoms with E-state index in [-0.39, 0.29) is 6.04 Å². The minimum atomic E-state index is -0.394. The summed E-state index contributed by atoms with van der Waals surface area (Å²) in [6.07, 6.45) is 3.75. The Morgan fingerprint density at radius 2 is 1.86 bits per heavy atom. The van der Waals surface area contributed by atoms with E-state index in [0.717, 1.165) is 68.5 Å². The van der Waals surface area contributed by atoms with Gasteiger partial charge >= 0.3 is 0 Å². The number of hydrogen-bond acceptors (Lipinski definition) is 5. The molecule has 0 aliphatic carbocycles. The van der Waals surface area contributed by atoms with Crippen molar-refractivity contribution in [1.29, 1.82) is 0 Å². The number of ether oxygens (including phenoxy) is 3. The van der Waals surface area contributed by atoms with Gasteiger partial charge in [-0.05, 0) is 58.2 Å². The fraction of sp³-hybridized carbons (Fsp3) is 0.321. The summed E-state index contributed by atoms with van der Waals surface area (Å²) in [5.74, 6) is 2.30. The van der Waals surface area contributed by atoms with Crippen molar-refractivity contribution in [3.05, 3.63) is 86.3 Å². The van der Waals surface area contributed by atoms with Crippen LogP contribution in [-0.4, -0.2) is 24.4 Å². The van der Waals surface area contributed by atoms with Gasteiger partial charge in [0, 0.05) is 22.0 Å². The van der Waals surface area contributed by atoms with Crippen molar-refractivity contribution in [3.8, 4) is 17.2 Å². The third kappa shape index (κ3) is 4.94. The van der Waals surface area contributed by atoms with Gasteiger partial charge in [-0.3, -0.25) is 0 Å². The van der Waals surface area contributed by atoms with Crippen LogP contribution >= 0.6 is 31.9 Å². The SMILES string of the molecule is CCCCCOc1ccc(C2Oc3c(Br)cc(Br)cc3C3CC(c4ccccc4)=NN32)cc1OC. The molecule has 0 saturated carbocycles. The number of unbranched alkanes of at least 4 members (excludes halogenated alkanes) is 2. The maximum absolute atomic E-state index is 6.61. The molecule has 0 aromatic heterocycles. The summed E-state index contributed by atoms with van der Waals surface area (Å²) < 4.78 is 20.2. The summed E-state index contributed by atoms with van der Waals surface area (Å²) in [6, 6.07) is 20.6. The minimum Gasteiger partial charge on any atom is -0.493 e. The average molecular weight is 600 g/mol. The second-order valence-corrected chi connectivity index (χ2v) is 10.5. The number of rotatable bonds is 8. The molecule has 7 heteroatoms. The lowest BCUT2D eigenvalue weighted by molar-refractivity contribution is -0.0198. The van der Waals surface area contributed by atoms with E-state index in [4.69, 9.17) is 19.3 Å². The van der Waals surface area contributed by atoms with Gasteiger partial charge in [-0.1, -0.05) is 66.0 Å². The summed E-state index contributed by atoms with van der Waals surface area (Å²) in [5, 5.41) is 7.15. The van der Waals surface area contributed by atoms with E-state index in [1.807, 2.05) is 42.5 Å². The Morgan fingerprint density at radius 1 is 1.03 bits per heavy atom. The minimum absolute atomic E-state index is 0.0590. The van der Waals surface area contributed by atoms with E-state index in [9.17, 15) is 0 Å². The Morgan fingerprint density at radius 3 is 2.63 bits per heavy atom. The monoisotopic (exact) mass is 598 g/mol. The fourth-order valence-electron chi connectivity index (χ4n) is 4.63. The zero-order valence-electron chi connectivity index (χ0n) is 19.8. The van der Waals surface area contributed by atoms with Gasteiger partial charge in [0.15, 0.2) is 11.5 Å². The molecule has 3 aromatic rings. The van der Waals surface area contributed by atoms with Crippen molar-refractivity contribution in [2.24, 2.45) is 5.10 Å². The van der Waals surface area contributed by atoms with Crippen molar-refractivity contribution in [2.45, 2.75) is 44.9 Å². The molecule has 5 rings (SSSR count). The van der Waals surface area contributed by atoms with Crippen molar-refractivity contribution >= 4 is 37.6 Å². The molecular formula is C28H28Br2N2O3. The molecule has 2 atom stereocenters. The topological polar surface area (TPSA) is 43.3 Å². The van der Waals surface area contributed by atoms with Crippen LogP contribution in [-0.2, 0) is 0 Å². The van der Waals surface area contributed by atoms with E-state index in [0.29, 0.717) is 12.4 Å². The van der Waals surface area contributed by atoms with Crippen molar-refractivity contribution in [1.82, 2.24) is 5.01 Å². The first kappa shape index (κ1) is 24.2. The first-order valence-electron chi connectivity index (χ1n) is 12.0. The first-order valence-corrected chi connectivity index (χ1v) is 13.5. The summed E-state index contributed by atoms with van der Waals surface area (Å²) in [4.78, 5) is 0. The number of halogens is 2. The van der Waals surface area contributed by atoms with E-state index in [1.165, 1.54) is 0 Å². The van der Waals surface area contributed by atoms with E-state index < -0.39 is 6.23 Å². The molecule has 182 valence electrons. The predicted molar refractivity (Wildman–Crippen MR) is 145 cm³/mol. The normalized spacial score (nSPS) is 18.4.